The van der Waals surface area contributed by atoms with Crippen LogP contribution in [0.2, 0.25) is 0 Å². The number of amides is 1. The summed E-state index contributed by atoms with van der Waals surface area (Å²) in [6.45, 7) is 3.15. The number of likely N-dealkylation sites (N-methyl/N-ethyl adjacent to an activating group) is 1. The summed E-state index contributed by atoms with van der Waals surface area (Å²) in [5, 5.41) is 0. The Balaban J connectivity index is 1.65. The van der Waals surface area contributed by atoms with Crippen molar-refractivity contribution in [3.05, 3.63) is 42.5 Å². The highest BCUT2D eigenvalue weighted by Crippen LogP contribution is 2.36. The number of nitrogens with zero attached hydrogens (tertiary/aromatic N) is 3. The SMILES string of the molecule is CCN1[C@H]2CCN(C(=O)c3cnc[nH]3)CC[C@@H]2Oc2ccccc2S1(=O)=O. The summed E-state index contributed by atoms with van der Waals surface area (Å²) in [5.41, 5.74) is 0.434. The van der Waals surface area contributed by atoms with Crippen molar-refractivity contribution in [3.8, 4) is 5.75 Å². The maximum atomic E-state index is 13.2. The first-order valence-electron chi connectivity index (χ1n) is 9.07. The molecule has 2 aliphatic rings. The standard InChI is InChI=1S/C18H22N4O4S/c1-2-22-14-7-9-21(18(23)13-11-19-12-20-13)10-8-15(14)26-16-5-3-4-6-17(16)27(22,24)25/h3-6,11-12,14-15H,2,7-10H2,1H3,(H,19,20)/t14-,15-/m0/s1. The van der Waals surface area contributed by atoms with Crippen LogP contribution in [0, 0.1) is 0 Å². The lowest BCUT2D eigenvalue weighted by molar-refractivity contribution is 0.0750. The van der Waals surface area contributed by atoms with E-state index in [1.54, 1.807) is 29.2 Å². The van der Waals surface area contributed by atoms with Gasteiger partial charge < -0.3 is 14.6 Å². The Morgan fingerprint density at radius 3 is 2.81 bits per heavy atom. The van der Waals surface area contributed by atoms with Crippen LogP contribution in [0.3, 0.4) is 0 Å². The predicted molar refractivity (Wildman–Crippen MR) is 97.9 cm³/mol. The molecule has 144 valence electrons. The smallest absolute Gasteiger partial charge is 0.271 e. The number of aromatic amines is 1. The Morgan fingerprint density at radius 1 is 1.30 bits per heavy atom. The van der Waals surface area contributed by atoms with Crippen molar-refractivity contribution in [2.75, 3.05) is 19.6 Å². The molecule has 2 aromatic rings. The number of hydrogen-bond donors (Lipinski definition) is 1. The summed E-state index contributed by atoms with van der Waals surface area (Å²) in [7, 11) is -3.65. The number of sulfonamides is 1. The molecule has 2 aliphatic heterocycles. The second kappa shape index (κ2) is 6.97. The fourth-order valence-electron chi connectivity index (χ4n) is 3.91. The molecule has 0 radical (unpaired) electrons. The molecule has 1 N–H and O–H groups in total. The van der Waals surface area contributed by atoms with Gasteiger partial charge in [-0.3, -0.25) is 4.79 Å². The number of imidazole rings is 1. The zero-order valence-electron chi connectivity index (χ0n) is 15.0. The molecule has 3 heterocycles. The van der Waals surface area contributed by atoms with Gasteiger partial charge in [0.05, 0.1) is 18.6 Å². The minimum atomic E-state index is -3.65. The second-order valence-corrected chi connectivity index (χ2v) is 8.57. The normalized spacial score (nSPS) is 24.9. The molecule has 0 unspecified atom stereocenters. The summed E-state index contributed by atoms with van der Waals surface area (Å²) >= 11 is 0. The van der Waals surface area contributed by atoms with Crippen LogP contribution in [0.5, 0.6) is 5.75 Å². The first-order chi connectivity index (χ1) is 13.0. The maximum absolute atomic E-state index is 13.2. The van der Waals surface area contributed by atoms with Gasteiger partial charge in [-0.25, -0.2) is 13.4 Å². The van der Waals surface area contributed by atoms with Gasteiger partial charge >= 0.3 is 0 Å². The summed E-state index contributed by atoms with van der Waals surface area (Å²) in [5.74, 6) is 0.257. The Morgan fingerprint density at radius 2 is 2.07 bits per heavy atom. The van der Waals surface area contributed by atoms with Gasteiger partial charge in [0.2, 0.25) is 10.0 Å². The number of aromatic nitrogens is 2. The minimum Gasteiger partial charge on any atom is -0.487 e. The van der Waals surface area contributed by atoms with Crippen LogP contribution >= 0.6 is 0 Å². The van der Waals surface area contributed by atoms with Gasteiger partial charge in [-0.1, -0.05) is 19.1 Å². The zero-order valence-corrected chi connectivity index (χ0v) is 15.9. The van der Waals surface area contributed by atoms with Gasteiger partial charge in [-0.05, 0) is 18.6 Å². The van der Waals surface area contributed by atoms with Crippen molar-refractivity contribution in [1.82, 2.24) is 19.2 Å². The lowest BCUT2D eigenvalue weighted by atomic mass is 10.1. The molecule has 0 spiro atoms. The van der Waals surface area contributed by atoms with E-state index in [0.717, 1.165) is 0 Å². The van der Waals surface area contributed by atoms with Gasteiger partial charge in [-0.2, -0.15) is 4.31 Å². The van der Waals surface area contributed by atoms with E-state index in [1.807, 2.05) is 6.92 Å². The fourth-order valence-corrected chi connectivity index (χ4v) is 5.72. The van der Waals surface area contributed by atoms with E-state index in [1.165, 1.54) is 16.8 Å². The molecule has 9 heteroatoms. The van der Waals surface area contributed by atoms with E-state index in [0.29, 0.717) is 43.9 Å². The number of ether oxygens (including phenoxy) is 1. The Bertz CT molecular complexity index is 929. The number of H-pyrrole nitrogens is 1. The lowest BCUT2D eigenvalue weighted by Gasteiger charge is -2.30. The van der Waals surface area contributed by atoms with Crippen LogP contribution in [-0.2, 0) is 10.0 Å². The van der Waals surface area contributed by atoms with Gasteiger partial charge in [0.1, 0.15) is 22.4 Å². The second-order valence-electron chi connectivity index (χ2n) is 6.71. The van der Waals surface area contributed by atoms with E-state index in [2.05, 4.69) is 9.97 Å². The van der Waals surface area contributed by atoms with Crippen LogP contribution < -0.4 is 4.74 Å². The minimum absolute atomic E-state index is 0.129. The van der Waals surface area contributed by atoms with Crippen molar-refractivity contribution in [2.24, 2.45) is 0 Å². The molecule has 0 saturated carbocycles. The lowest BCUT2D eigenvalue weighted by Crippen LogP contribution is -2.47. The fraction of sp³-hybridized carbons (Fsp3) is 0.444. The third-order valence-corrected chi connectivity index (χ3v) is 7.26. The average Bonchev–Trinajstić information content (AvgIpc) is 3.09. The van der Waals surface area contributed by atoms with Crippen LogP contribution in [-0.4, -0.2) is 65.3 Å². The van der Waals surface area contributed by atoms with Crippen molar-refractivity contribution >= 4 is 15.9 Å². The molecule has 1 amide bonds. The molecular formula is C18H22N4O4S. The number of fused-ring (bicyclic) bond motifs is 2. The maximum Gasteiger partial charge on any atom is 0.271 e. The molecule has 1 aromatic carbocycles. The molecule has 1 saturated heterocycles. The largest absolute Gasteiger partial charge is 0.487 e. The highest BCUT2D eigenvalue weighted by molar-refractivity contribution is 7.89. The topological polar surface area (TPSA) is 95.6 Å². The molecule has 27 heavy (non-hydrogen) atoms. The van der Waals surface area contributed by atoms with Crippen LogP contribution in [0.4, 0.5) is 0 Å². The van der Waals surface area contributed by atoms with E-state index < -0.39 is 10.0 Å². The van der Waals surface area contributed by atoms with Gasteiger partial charge in [0.15, 0.2) is 0 Å². The Labute approximate surface area is 158 Å². The number of nitrogens with one attached hydrogen (secondary N) is 1. The molecule has 0 aliphatic carbocycles. The van der Waals surface area contributed by atoms with Crippen molar-refractivity contribution in [3.63, 3.8) is 0 Å². The Kier molecular flexibility index (Phi) is 4.65. The molecular weight excluding hydrogens is 368 g/mol. The van der Waals surface area contributed by atoms with E-state index in [4.69, 9.17) is 4.74 Å². The molecule has 2 atom stereocenters. The monoisotopic (exact) mass is 390 g/mol. The number of rotatable bonds is 2. The Hall–Kier alpha value is -2.39. The molecule has 1 aromatic heterocycles. The summed E-state index contributed by atoms with van der Waals surface area (Å²) < 4.78 is 34.0. The molecule has 0 bridgehead atoms. The van der Waals surface area contributed by atoms with Gasteiger partial charge in [0.25, 0.3) is 5.91 Å². The summed E-state index contributed by atoms with van der Waals surface area (Å²) in [4.78, 5) is 21.3. The number of para-hydroxylation sites is 1. The summed E-state index contributed by atoms with van der Waals surface area (Å²) in [6.07, 6.45) is 3.75. The van der Waals surface area contributed by atoms with Crippen molar-refractivity contribution in [2.45, 2.75) is 36.8 Å². The van der Waals surface area contributed by atoms with Crippen LogP contribution in [0.25, 0.3) is 0 Å². The molecule has 4 rings (SSSR count). The number of benzene rings is 1. The highest BCUT2D eigenvalue weighted by atomic mass is 32.2. The van der Waals surface area contributed by atoms with E-state index in [9.17, 15) is 13.2 Å². The number of hydrogen-bond acceptors (Lipinski definition) is 5. The first kappa shape index (κ1) is 18.0. The highest BCUT2D eigenvalue weighted by Gasteiger charge is 2.43. The number of carbonyl (C=O) groups is 1. The molecule has 8 nitrogen and oxygen atoms in total. The predicted octanol–water partition coefficient (Wildman–Crippen LogP) is 1.49. The first-order valence-corrected chi connectivity index (χ1v) is 10.5. The third-order valence-electron chi connectivity index (χ3n) is 5.22. The van der Waals surface area contributed by atoms with E-state index >= 15 is 0 Å². The van der Waals surface area contributed by atoms with Crippen LogP contribution in [0.1, 0.15) is 30.3 Å². The quantitative estimate of drug-likeness (QED) is 0.838. The number of likely N-dealkylation sites (tertiary alicyclic amines) is 1. The van der Waals surface area contributed by atoms with Crippen LogP contribution in [0.15, 0.2) is 41.7 Å². The average molecular weight is 390 g/mol. The zero-order chi connectivity index (χ0) is 19.0. The summed E-state index contributed by atoms with van der Waals surface area (Å²) in [6, 6.07) is 6.45. The van der Waals surface area contributed by atoms with Gasteiger partial charge in [-0.15, -0.1) is 0 Å². The number of carbonyl (C=O) groups excluding carboxylic acids is 1. The third kappa shape index (κ3) is 3.10. The molecule has 1 fully saturated rings. The van der Waals surface area contributed by atoms with Crippen molar-refractivity contribution in [1.29, 1.82) is 0 Å². The van der Waals surface area contributed by atoms with Crippen molar-refractivity contribution < 1.29 is 17.9 Å². The van der Waals surface area contributed by atoms with Gasteiger partial charge in [0, 0.05) is 26.1 Å². The van der Waals surface area contributed by atoms with E-state index in [-0.39, 0.29) is 22.9 Å².